The van der Waals surface area contributed by atoms with Gasteiger partial charge in [-0.3, -0.25) is 9.10 Å². The van der Waals surface area contributed by atoms with Crippen molar-refractivity contribution >= 4 is 39.4 Å². The summed E-state index contributed by atoms with van der Waals surface area (Å²) < 4.78 is 35.4. The van der Waals surface area contributed by atoms with Crippen molar-refractivity contribution < 1.29 is 17.9 Å². The van der Waals surface area contributed by atoms with Crippen LogP contribution in [-0.4, -0.2) is 38.8 Å². The molecule has 0 atom stereocenters. The monoisotopic (exact) mass is 564 g/mol. The van der Waals surface area contributed by atoms with Crippen LogP contribution in [0.2, 0.25) is 5.02 Å². The number of nitrogens with one attached hydrogen (secondary N) is 1. The van der Waals surface area contributed by atoms with Crippen LogP contribution in [0.1, 0.15) is 22.5 Å². The van der Waals surface area contributed by atoms with E-state index in [0.717, 1.165) is 32.5 Å². The Morgan fingerprint density at radius 1 is 1.00 bits per heavy atom. The average molecular weight is 565 g/mol. The summed E-state index contributed by atoms with van der Waals surface area (Å²) in [5.41, 5.74) is 7.38. The Balaban J connectivity index is 1.55. The van der Waals surface area contributed by atoms with Crippen LogP contribution >= 0.6 is 11.6 Å². The Bertz CT molecular complexity index is 1590. The van der Waals surface area contributed by atoms with Crippen molar-refractivity contribution in [2.75, 3.05) is 18.0 Å². The molecule has 0 radical (unpaired) electrons. The quantitative estimate of drug-likeness (QED) is 0.217. The van der Waals surface area contributed by atoms with E-state index in [1.165, 1.54) is 19.2 Å². The topological polar surface area (TPSA) is 93.0 Å². The zero-order valence-electron chi connectivity index (χ0n) is 22.1. The fourth-order valence-corrected chi connectivity index (χ4v) is 5.69. The Morgan fingerprint density at radius 3 is 2.26 bits per heavy atom. The number of hydrogen-bond acceptors (Lipinski definition) is 5. The first-order valence-electron chi connectivity index (χ1n) is 12.1. The van der Waals surface area contributed by atoms with Crippen LogP contribution in [-0.2, 0) is 14.8 Å². The zero-order chi connectivity index (χ0) is 28.2. The fraction of sp³-hybridized carbons (Fsp3) is 0.172. The van der Waals surface area contributed by atoms with Gasteiger partial charge >= 0.3 is 0 Å². The summed E-state index contributed by atoms with van der Waals surface area (Å²) in [5, 5.41) is 4.76. The van der Waals surface area contributed by atoms with Crippen molar-refractivity contribution in [1.29, 1.82) is 0 Å². The number of hydrogen-bond donors (Lipinski definition) is 1. The minimum absolute atomic E-state index is 0.0786. The molecule has 0 fully saturated rings. The van der Waals surface area contributed by atoms with Gasteiger partial charge in [0.1, 0.15) is 12.3 Å². The molecule has 1 N–H and O–H groups in total. The molecule has 1 amide bonds. The van der Waals surface area contributed by atoms with E-state index in [0.29, 0.717) is 16.5 Å². The van der Waals surface area contributed by atoms with Crippen LogP contribution < -0.4 is 14.5 Å². The molecule has 0 aliphatic rings. The predicted octanol–water partition coefficient (Wildman–Crippen LogP) is 5.41. The smallest absolute Gasteiger partial charge is 0.264 e. The molecule has 0 saturated carbocycles. The van der Waals surface area contributed by atoms with Gasteiger partial charge in [-0.15, -0.1) is 0 Å². The third-order valence-corrected chi connectivity index (χ3v) is 8.24. The second-order valence-electron chi connectivity index (χ2n) is 8.95. The van der Waals surface area contributed by atoms with Crippen molar-refractivity contribution in [3.05, 3.63) is 106 Å². The number of aryl methyl sites for hydroxylation is 2. The standard InChI is InChI=1S/C29H29ClN4O4S/c1-20-5-15-28(16-6-20)39(36,37)33(25-11-13-27(38-4)14-12-25)19-29(35)32-31-18-23-17-21(2)34(22(23)3)26-9-7-24(30)8-10-26/h5-18H,19H2,1-4H3,(H,32,35)/b31-18+. The number of benzene rings is 3. The SMILES string of the molecule is COc1ccc(N(CC(=O)N/N=C/c2cc(C)n(-c3ccc(Cl)cc3)c2C)S(=O)(=O)c2ccc(C)cc2)cc1. The molecular formula is C29H29ClN4O4S. The molecule has 4 rings (SSSR count). The summed E-state index contributed by atoms with van der Waals surface area (Å²) in [5.74, 6) is -0.0269. The number of hydrazone groups is 1. The van der Waals surface area contributed by atoms with Gasteiger partial charge in [-0.2, -0.15) is 5.10 Å². The van der Waals surface area contributed by atoms with Crippen LogP contribution in [0.3, 0.4) is 0 Å². The molecule has 10 heteroatoms. The van der Waals surface area contributed by atoms with E-state index in [-0.39, 0.29) is 4.90 Å². The number of amides is 1. The molecule has 3 aromatic carbocycles. The third-order valence-electron chi connectivity index (χ3n) is 6.20. The lowest BCUT2D eigenvalue weighted by atomic mass is 10.2. The number of methoxy groups -OCH3 is 1. The van der Waals surface area contributed by atoms with Gasteiger partial charge < -0.3 is 9.30 Å². The molecule has 0 aliphatic heterocycles. The second-order valence-corrected chi connectivity index (χ2v) is 11.3. The molecule has 0 bridgehead atoms. The lowest BCUT2D eigenvalue weighted by Gasteiger charge is -2.24. The Kier molecular flexibility index (Phi) is 8.42. The van der Waals surface area contributed by atoms with Crippen molar-refractivity contribution in [3.8, 4) is 11.4 Å². The first kappa shape index (κ1) is 27.9. The number of anilines is 1. The van der Waals surface area contributed by atoms with Crippen LogP contribution in [0.15, 0.2) is 88.9 Å². The van der Waals surface area contributed by atoms with Crippen molar-refractivity contribution in [2.24, 2.45) is 5.10 Å². The summed E-state index contributed by atoms with van der Waals surface area (Å²) in [6.45, 7) is 5.32. The molecule has 0 aliphatic carbocycles. The maximum absolute atomic E-state index is 13.5. The average Bonchev–Trinajstić information content (AvgIpc) is 3.20. The number of sulfonamides is 1. The van der Waals surface area contributed by atoms with E-state index >= 15 is 0 Å². The predicted molar refractivity (Wildman–Crippen MR) is 155 cm³/mol. The van der Waals surface area contributed by atoms with Crippen molar-refractivity contribution in [2.45, 2.75) is 25.7 Å². The second kappa shape index (κ2) is 11.8. The van der Waals surface area contributed by atoms with E-state index in [9.17, 15) is 13.2 Å². The van der Waals surface area contributed by atoms with Crippen LogP contribution in [0, 0.1) is 20.8 Å². The molecule has 1 aromatic heterocycles. The number of ether oxygens (including phenoxy) is 1. The van der Waals surface area contributed by atoms with E-state index in [2.05, 4.69) is 15.1 Å². The van der Waals surface area contributed by atoms with Crippen molar-refractivity contribution in [1.82, 2.24) is 9.99 Å². The molecular weight excluding hydrogens is 536 g/mol. The molecule has 0 unspecified atom stereocenters. The minimum Gasteiger partial charge on any atom is -0.497 e. The molecule has 39 heavy (non-hydrogen) atoms. The lowest BCUT2D eigenvalue weighted by molar-refractivity contribution is -0.119. The molecule has 1 heterocycles. The third kappa shape index (κ3) is 6.32. The van der Waals surface area contributed by atoms with Crippen molar-refractivity contribution in [3.63, 3.8) is 0 Å². The summed E-state index contributed by atoms with van der Waals surface area (Å²) in [6, 6.07) is 22.4. The zero-order valence-corrected chi connectivity index (χ0v) is 23.6. The number of carbonyl (C=O) groups excluding carboxylic acids is 1. The van der Waals surface area contributed by atoms with Gasteiger partial charge in [-0.25, -0.2) is 13.8 Å². The maximum atomic E-state index is 13.5. The van der Waals surface area contributed by atoms with E-state index < -0.39 is 22.5 Å². The number of aromatic nitrogens is 1. The normalized spacial score (nSPS) is 11.5. The highest BCUT2D eigenvalue weighted by Gasteiger charge is 2.27. The number of rotatable bonds is 9. The van der Waals surface area contributed by atoms with Gasteiger partial charge in [0.15, 0.2) is 0 Å². The molecule has 202 valence electrons. The lowest BCUT2D eigenvalue weighted by Crippen LogP contribution is -2.39. The van der Waals surface area contributed by atoms with E-state index in [1.54, 1.807) is 42.6 Å². The highest BCUT2D eigenvalue weighted by atomic mass is 35.5. The number of halogens is 1. The van der Waals surface area contributed by atoms with Crippen LogP contribution in [0.4, 0.5) is 5.69 Å². The summed E-state index contributed by atoms with van der Waals surface area (Å²) in [6.07, 6.45) is 1.54. The number of carbonyl (C=O) groups is 1. The molecule has 4 aromatic rings. The summed E-state index contributed by atoms with van der Waals surface area (Å²) in [7, 11) is -2.52. The van der Waals surface area contributed by atoms with Crippen LogP contribution in [0.5, 0.6) is 5.75 Å². The maximum Gasteiger partial charge on any atom is 0.264 e. The minimum atomic E-state index is -4.04. The van der Waals surface area contributed by atoms with Gasteiger partial charge in [-0.1, -0.05) is 29.3 Å². The highest BCUT2D eigenvalue weighted by Crippen LogP contribution is 2.26. The first-order valence-corrected chi connectivity index (χ1v) is 13.9. The first-order chi connectivity index (χ1) is 18.6. The van der Waals surface area contributed by atoms with Gasteiger partial charge in [0.25, 0.3) is 15.9 Å². The number of nitrogens with zero attached hydrogens (tertiary/aromatic N) is 3. The summed E-state index contributed by atoms with van der Waals surface area (Å²) >= 11 is 6.02. The van der Waals surface area contributed by atoms with Gasteiger partial charge in [-0.05, 0) is 87.5 Å². The molecule has 8 nitrogen and oxygen atoms in total. The van der Waals surface area contributed by atoms with Crippen LogP contribution in [0.25, 0.3) is 5.69 Å². The highest BCUT2D eigenvalue weighted by molar-refractivity contribution is 7.92. The summed E-state index contributed by atoms with van der Waals surface area (Å²) in [4.78, 5) is 13.0. The molecule has 0 spiro atoms. The largest absolute Gasteiger partial charge is 0.497 e. The Hall–Kier alpha value is -4.08. The van der Waals surface area contributed by atoms with Gasteiger partial charge in [0.2, 0.25) is 0 Å². The van der Waals surface area contributed by atoms with Gasteiger partial charge in [0.05, 0.1) is 23.9 Å². The fourth-order valence-electron chi connectivity index (χ4n) is 4.15. The Morgan fingerprint density at radius 2 is 1.64 bits per heavy atom. The molecule has 0 saturated heterocycles. The van der Waals surface area contributed by atoms with E-state index in [1.807, 2.05) is 51.1 Å². The van der Waals surface area contributed by atoms with E-state index in [4.69, 9.17) is 16.3 Å². The van der Waals surface area contributed by atoms with Gasteiger partial charge in [0, 0.05) is 27.7 Å². The Labute approximate surface area is 233 Å².